The van der Waals surface area contributed by atoms with Crippen LogP contribution in [0, 0.1) is 5.82 Å². The van der Waals surface area contributed by atoms with Crippen molar-refractivity contribution in [2.24, 2.45) is 0 Å². The van der Waals surface area contributed by atoms with Crippen molar-refractivity contribution in [2.45, 2.75) is 6.54 Å². The molecule has 0 unspecified atom stereocenters. The van der Waals surface area contributed by atoms with Gasteiger partial charge >= 0.3 is 0 Å². The molecule has 0 aliphatic carbocycles. The first-order chi connectivity index (χ1) is 11.1. The molecule has 0 radical (unpaired) electrons. The Balaban J connectivity index is 1.77. The summed E-state index contributed by atoms with van der Waals surface area (Å²) in [6, 6.07) is 13.1. The van der Waals surface area contributed by atoms with Crippen molar-refractivity contribution in [3.8, 4) is 5.69 Å². The third-order valence-electron chi connectivity index (χ3n) is 3.37. The van der Waals surface area contributed by atoms with E-state index in [1.54, 1.807) is 22.8 Å². The molecule has 116 valence electrons. The van der Waals surface area contributed by atoms with Crippen molar-refractivity contribution in [3.63, 3.8) is 0 Å². The van der Waals surface area contributed by atoms with Crippen LogP contribution in [-0.2, 0) is 6.54 Å². The average Bonchev–Trinajstić information content (AvgIpc) is 3.04. The predicted octanol–water partition coefficient (Wildman–Crippen LogP) is 3.59. The minimum absolute atomic E-state index is 0.285. The van der Waals surface area contributed by atoms with Gasteiger partial charge in [0.1, 0.15) is 11.5 Å². The molecule has 0 aliphatic heterocycles. The second kappa shape index (κ2) is 6.62. The highest BCUT2D eigenvalue weighted by molar-refractivity contribution is 6.31. The van der Waals surface area contributed by atoms with E-state index in [0.29, 0.717) is 22.9 Å². The summed E-state index contributed by atoms with van der Waals surface area (Å²) in [5.41, 5.74) is 1.85. The number of carbonyl (C=O) groups excluding carboxylic acids is 1. The number of nitrogens with one attached hydrogen (secondary N) is 1. The monoisotopic (exact) mass is 329 g/mol. The van der Waals surface area contributed by atoms with Crippen LogP contribution in [0.25, 0.3) is 5.69 Å². The summed E-state index contributed by atoms with van der Waals surface area (Å²) in [6.45, 7) is 0.313. The molecule has 0 aliphatic rings. The first kappa shape index (κ1) is 15.2. The molecule has 0 fully saturated rings. The van der Waals surface area contributed by atoms with Gasteiger partial charge in [0.05, 0.1) is 12.5 Å². The van der Waals surface area contributed by atoms with E-state index >= 15 is 0 Å². The van der Waals surface area contributed by atoms with Gasteiger partial charge in [0.25, 0.3) is 5.91 Å². The van der Waals surface area contributed by atoms with Gasteiger partial charge in [-0.15, -0.1) is 0 Å². The number of benzene rings is 2. The van der Waals surface area contributed by atoms with E-state index in [0.717, 1.165) is 5.56 Å². The Kier molecular flexibility index (Phi) is 4.39. The second-order valence-electron chi connectivity index (χ2n) is 4.90. The molecule has 3 rings (SSSR count). The van der Waals surface area contributed by atoms with Crippen LogP contribution in [0.1, 0.15) is 16.1 Å². The Morgan fingerprint density at radius 3 is 2.65 bits per heavy atom. The van der Waals surface area contributed by atoms with E-state index in [9.17, 15) is 9.18 Å². The van der Waals surface area contributed by atoms with Crippen molar-refractivity contribution < 1.29 is 9.18 Å². The molecular weight excluding hydrogens is 317 g/mol. The smallest absolute Gasteiger partial charge is 0.270 e. The van der Waals surface area contributed by atoms with Crippen LogP contribution in [0.2, 0.25) is 5.02 Å². The highest BCUT2D eigenvalue weighted by Gasteiger charge is 2.13. The fraction of sp³-hybridized carbons (Fsp3) is 0.0588. The van der Waals surface area contributed by atoms with Gasteiger partial charge in [-0.3, -0.25) is 9.36 Å². The lowest BCUT2D eigenvalue weighted by atomic mass is 10.2. The summed E-state index contributed by atoms with van der Waals surface area (Å²) in [5.74, 6) is -0.620. The maximum Gasteiger partial charge on any atom is 0.270 e. The van der Waals surface area contributed by atoms with Crippen LogP contribution < -0.4 is 5.32 Å². The van der Waals surface area contributed by atoms with Crippen molar-refractivity contribution in [1.29, 1.82) is 0 Å². The van der Waals surface area contributed by atoms with E-state index in [1.165, 1.54) is 24.7 Å². The molecule has 2 aromatic carbocycles. The summed E-state index contributed by atoms with van der Waals surface area (Å²) in [7, 11) is 0. The number of carbonyl (C=O) groups is 1. The standard InChI is InChI=1S/C17H13ClFN3O/c18-15-4-2-1-3-12(15)9-21-17(23)16-10-20-11-22(16)14-7-5-13(19)6-8-14/h1-8,10-11H,9H2,(H,21,23). The molecule has 1 aromatic heterocycles. The Bertz CT molecular complexity index is 830. The molecular formula is C17H13ClFN3O. The fourth-order valence-corrected chi connectivity index (χ4v) is 2.38. The van der Waals surface area contributed by atoms with Crippen LogP contribution in [0.15, 0.2) is 61.1 Å². The maximum atomic E-state index is 13.0. The zero-order chi connectivity index (χ0) is 16.2. The summed E-state index contributed by atoms with van der Waals surface area (Å²) in [6.07, 6.45) is 2.98. The molecule has 0 saturated carbocycles. The van der Waals surface area contributed by atoms with Crippen LogP contribution in [0.4, 0.5) is 4.39 Å². The topological polar surface area (TPSA) is 46.9 Å². The lowest BCUT2D eigenvalue weighted by Gasteiger charge is -2.09. The second-order valence-corrected chi connectivity index (χ2v) is 5.31. The highest BCUT2D eigenvalue weighted by Crippen LogP contribution is 2.15. The molecule has 0 bridgehead atoms. The molecule has 0 spiro atoms. The minimum atomic E-state index is -0.335. The van der Waals surface area contributed by atoms with Gasteiger partial charge in [-0.05, 0) is 35.9 Å². The van der Waals surface area contributed by atoms with Gasteiger partial charge in [-0.2, -0.15) is 0 Å². The van der Waals surface area contributed by atoms with Gasteiger partial charge in [0.2, 0.25) is 0 Å². The molecule has 1 N–H and O–H groups in total. The molecule has 6 heteroatoms. The SMILES string of the molecule is O=C(NCc1ccccc1Cl)c1cncn1-c1ccc(F)cc1. The van der Waals surface area contributed by atoms with E-state index in [1.807, 2.05) is 18.2 Å². The molecule has 23 heavy (non-hydrogen) atoms. The maximum absolute atomic E-state index is 13.0. The summed E-state index contributed by atoms with van der Waals surface area (Å²) in [5, 5.41) is 3.40. The van der Waals surface area contributed by atoms with Crippen LogP contribution >= 0.6 is 11.6 Å². The number of aromatic nitrogens is 2. The number of amides is 1. The Labute approximate surface area is 137 Å². The van der Waals surface area contributed by atoms with Gasteiger partial charge in [-0.25, -0.2) is 9.37 Å². The summed E-state index contributed by atoms with van der Waals surface area (Å²) in [4.78, 5) is 16.4. The van der Waals surface area contributed by atoms with Gasteiger partial charge in [-0.1, -0.05) is 29.8 Å². The lowest BCUT2D eigenvalue weighted by molar-refractivity contribution is 0.0944. The van der Waals surface area contributed by atoms with Crippen LogP contribution in [-0.4, -0.2) is 15.5 Å². The van der Waals surface area contributed by atoms with Gasteiger partial charge in [0.15, 0.2) is 0 Å². The first-order valence-electron chi connectivity index (χ1n) is 6.95. The highest BCUT2D eigenvalue weighted by atomic mass is 35.5. The Morgan fingerprint density at radius 2 is 1.91 bits per heavy atom. The zero-order valence-electron chi connectivity index (χ0n) is 12.0. The van der Waals surface area contributed by atoms with Crippen molar-refractivity contribution >= 4 is 17.5 Å². The van der Waals surface area contributed by atoms with Crippen molar-refractivity contribution in [3.05, 3.63) is 83.2 Å². The number of nitrogens with zero attached hydrogens (tertiary/aromatic N) is 2. The summed E-state index contributed by atoms with van der Waals surface area (Å²) < 4.78 is 14.6. The summed E-state index contributed by atoms with van der Waals surface area (Å²) >= 11 is 6.07. The fourth-order valence-electron chi connectivity index (χ4n) is 2.18. The van der Waals surface area contributed by atoms with Crippen molar-refractivity contribution in [1.82, 2.24) is 14.9 Å². The van der Waals surface area contributed by atoms with Gasteiger partial charge < -0.3 is 5.32 Å². The normalized spacial score (nSPS) is 10.5. The van der Waals surface area contributed by atoms with E-state index in [2.05, 4.69) is 10.3 Å². The van der Waals surface area contributed by atoms with E-state index in [4.69, 9.17) is 11.6 Å². The van der Waals surface area contributed by atoms with Crippen LogP contribution in [0.3, 0.4) is 0 Å². The lowest BCUT2D eigenvalue weighted by Crippen LogP contribution is -2.25. The predicted molar refractivity (Wildman–Crippen MR) is 86.1 cm³/mol. The Hall–Kier alpha value is -2.66. The number of halogens is 2. The van der Waals surface area contributed by atoms with Crippen LogP contribution in [0.5, 0.6) is 0 Å². The minimum Gasteiger partial charge on any atom is -0.347 e. The third-order valence-corrected chi connectivity index (χ3v) is 3.74. The van der Waals surface area contributed by atoms with Gasteiger partial charge in [0, 0.05) is 17.3 Å². The number of imidazole rings is 1. The Morgan fingerprint density at radius 1 is 1.17 bits per heavy atom. The average molecular weight is 330 g/mol. The largest absolute Gasteiger partial charge is 0.347 e. The molecule has 3 aromatic rings. The number of rotatable bonds is 4. The quantitative estimate of drug-likeness (QED) is 0.795. The third kappa shape index (κ3) is 3.40. The zero-order valence-corrected chi connectivity index (χ0v) is 12.8. The number of hydrogen-bond donors (Lipinski definition) is 1. The molecule has 4 nitrogen and oxygen atoms in total. The molecule has 0 saturated heterocycles. The molecule has 0 atom stereocenters. The molecule has 1 amide bonds. The van der Waals surface area contributed by atoms with E-state index in [-0.39, 0.29) is 11.7 Å². The molecule has 1 heterocycles. The van der Waals surface area contributed by atoms with Crippen molar-refractivity contribution in [2.75, 3.05) is 0 Å². The number of hydrogen-bond acceptors (Lipinski definition) is 2. The first-order valence-corrected chi connectivity index (χ1v) is 7.33. The van der Waals surface area contributed by atoms with E-state index < -0.39 is 0 Å².